The van der Waals surface area contributed by atoms with Crippen molar-refractivity contribution >= 4 is 19.8 Å². The number of phosphoric ester groups is 1. The molecule has 0 saturated heterocycles. The van der Waals surface area contributed by atoms with Gasteiger partial charge >= 0.3 is 19.8 Å². The second kappa shape index (κ2) is 31.5. The van der Waals surface area contributed by atoms with Gasteiger partial charge in [0.2, 0.25) is 0 Å². The van der Waals surface area contributed by atoms with E-state index >= 15 is 0 Å². The van der Waals surface area contributed by atoms with Gasteiger partial charge in [-0.25, -0.2) is 4.57 Å². The minimum Gasteiger partial charge on any atom is -0.462 e. The van der Waals surface area contributed by atoms with Gasteiger partial charge in [0, 0.05) is 6.42 Å². The van der Waals surface area contributed by atoms with Gasteiger partial charge in [0.25, 0.3) is 0 Å². The van der Waals surface area contributed by atoms with Crippen LogP contribution in [0, 0.1) is 0 Å². The molecule has 0 aliphatic rings. The van der Waals surface area contributed by atoms with E-state index in [0.29, 0.717) is 12.8 Å². The zero-order valence-corrected chi connectivity index (χ0v) is 28.9. The molecule has 0 radical (unpaired) electrons. The van der Waals surface area contributed by atoms with Crippen molar-refractivity contribution in [2.45, 2.75) is 123 Å². The summed E-state index contributed by atoms with van der Waals surface area (Å²) in [7, 11) is -4.30. The molecular weight excluding hydrogens is 591 g/mol. The van der Waals surface area contributed by atoms with Gasteiger partial charge < -0.3 is 14.4 Å². The quantitative estimate of drug-likeness (QED) is 0.0369. The molecule has 9 heteroatoms. The molecule has 0 rings (SSSR count). The SMILES string of the molecule is CC/C=C\C/C=C\C/C=C\C/C=C\C/C=C\CC(=O)OC(COC(=O)CCCCCCC/C=C\CCC)COP(=O)(O)OCC. The lowest BCUT2D eigenvalue weighted by atomic mass is 10.1. The molecule has 0 spiro atoms. The summed E-state index contributed by atoms with van der Waals surface area (Å²) < 4.78 is 32.2. The Kier molecular flexibility index (Phi) is 29.7. The molecule has 0 aromatic carbocycles. The summed E-state index contributed by atoms with van der Waals surface area (Å²) in [6.07, 6.45) is 37.1. The first-order valence-electron chi connectivity index (χ1n) is 16.7. The van der Waals surface area contributed by atoms with Crippen molar-refractivity contribution in [3.05, 3.63) is 72.9 Å². The average Bonchev–Trinajstić information content (AvgIpc) is 3.01. The Morgan fingerprint density at radius 3 is 1.80 bits per heavy atom. The van der Waals surface area contributed by atoms with Gasteiger partial charge in [-0.1, -0.05) is 112 Å². The Morgan fingerprint density at radius 2 is 1.20 bits per heavy atom. The van der Waals surface area contributed by atoms with Crippen molar-refractivity contribution in [3.63, 3.8) is 0 Å². The zero-order valence-electron chi connectivity index (χ0n) is 28.0. The second-order valence-electron chi connectivity index (χ2n) is 10.5. The first kappa shape index (κ1) is 42.5. The van der Waals surface area contributed by atoms with E-state index in [1.165, 1.54) is 6.42 Å². The van der Waals surface area contributed by atoms with Gasteiger partial charge in [-0.3, -0.25) is 18.6 Å². The normalized spacial score (nSPS) is 14.5. The summed E-state index contributed by atoms with van der Waals surface area (Å²) in [6, 6.07) is 0. The van der Waals surface area contributed by atoms with Crippen LogP contribution in [0.2, 0.25) is 0 Å². The van der Waals surface area contributed by atoms with Gasteiger partial charge in [0.15, 0.2) is 6.10 Å². The minimum atomic E-state index is -4.30. The van der Waals surface area contributed by atoms with Crippen LogP contribution in [-0.2, 0) is 32.7 Å². The smallest absolute Gasteiger partial charge is 0.462 e. The number of ether oxygens (including phenoxy) is 2. The van der Waals surface area contributed by atoms with Crippen molar-refractivity contribution in [1.82, 2.24) is 0 Å². The number of allylic oxidation sites excluding steroid dienone is 11. The highest BCUT2D eigenvalue weighted by atomic mass is 31.2. The molecule has 0 bridgehead atoms. The molecule has 45 heavy (non-hydrogen) atoms. The predicted octanol–water partition coefficient (Wildman–Crippen LogP) is 9.82. The molecule has 2 unspecified atom stereocenters. The van der Waals surface area contributed by atoms with Gasteiger partial charge in [0.1, 0.15) is 6.61 Å². The fourth-order valence-corrected chi connectivity index (χ4v) is 4.64. The van der Waals surface area contributed by atoms with Crippen molar-refractivity contribution in [2.75, 3.05) is 19.8 Å². The molecule has 0 heterocycles. The number of hydrogen-bond acceptors (Lipinski definition) is 7. The van der Waals surface area contributed by atoms with Crippen molar-refractivity contribution < 1.29 is 37.6 Å². The zero-order chi connectivity index (χ0) is 33.3. The fraction of sp³-hybridized carbons (Fsp3) is 0.611. The maximum Gasteiger partial charge on any atom is 0.472 e. The number of unbranched alkanes of at least 4 members (excludes halogenated alkanes) is 6. The average molecular weight is 651 g/mol. The maximum absolute atomic E-state index is 12.4. The van der Waals surface area contributed by atoms with Crippen LogP contribution in [0.4, 0.5) is 0 Å². The van der Waals surface area contributed by atoms with Crippen molar-refractivity contribution in [1.29, 1.82) is 0 Å². The molecule has 0 amide bonds. The summed E-state index contributed by atoms with van der Waals surface area (Å²) in [5.74, 6) is -0.969. The van der Waals surface area contributed by atoms with Crippen LogP contribution in [0.5, 0.6) is 0 Å². The summed E-state index contributed by atoms with van der Waals surface area (Å²) >= 11 is 0. The third kappa shape index (κ3) is 31.3. The standard InChI is InChI=1S/C36H59O8P/c1-4-7-9-11-13-15-17-18-19-20-21-23-25-27-29-31-36(38)44-34(33-43-45(39,40)42-6-3)32-41-35(37)30-28-26-24-22-16-14-12-10-8-5-2/h7,9-10,12-13,15,18-19,21,23,27,29,34H,4-6,8,11,14,16-17,20,22,24-26,28,30-33H2,1-3H3,(H,39,40)/b9-7-,12-10-,15-13-,19-18-,23-21-,29-27-. The number of hydrogen-bond donors (Lipinski definition) is 1. The number of esters is 2. The van der Waals surface area contributed by atoms with E-state index in [9.17, 15) is 19.0 Å². The second-order valence-corrected chi connectivity index (χ2v) is 11.9. The Balaban J connectivity index is 4.42. The molecule has 0 aliphatic carbocycles. The highest BCUT2D eigenvalue weighted by molar-refractivity contribution is 7.47. The lowest BCUT2D eigenvalue weighted by Gasteiger charge is -2.19. The third-order valence-electron chi connectivity index (χ3n) is 6.26. The largest absolute Gasteiger partial charge is 0.472 e. The first-order valence-corrected chi connectivity index (χ1v) is 18.2. The monoisotopic (exact) mass is 650 g/mol. The van der Waals surface area contributed by atoms with Crippen LogP contribution in [0.15, 0.2) is 72.9 Å². The van der Waals surface area contributed by atoms with Gasteiger partial charge in [0.05, 0.1) is 19.6 Å². The number of phosphoric acid groups is 1. The summed E-state index contributed by atoms with van der Waals surface area (Å²) in [6.45, 7) is 5.12. The summed E-state index contributed by atoms with van der Waals surface area (Å²) in [4.78, 5) is 34.3. The van der Waals surface area contributed by atoms with E-state index in [1.807, 2.05) is 12.2 Å². The molecular formula is C36H59O8P. The van der Waals surface area contributed by atoms with E-state index in [1.54, 1.807) is 13.0 Å². The highest BCUT2D eigenvalue weighted by Crippen LogP contribution is 2.43. The Hall–Kier alpha value is -2.51. The van der Waals surface area contributed by atoms with Crippen LogP contribution in [0.1, 0.15) is 117 Å². The van der Waals surface area contributed by atoms with Gasteiger partial charge in [-0.05, 0) is 64.7 Å². The predicted molar refractivity (Wildman–Crippen MR) is 184 cm³/mol. The Morgan fingerprint density at radius 1 is 0.644 bits per heavy atom. The lowest BCUT2D eigenvalue weighted by molar-refractivity contribution is -0.160. The summed E-state index contributed by atoms with van der Waals surface area (Å²) in [5, 5.41) is 0. The maximum atomic E-state index is 12.4. The van der Waals surface area contributed by atoms with Crippen LogP contribution in [0.25, 0.3) is 0 Å². The molecule has 8 nitrogen and oxygen atoms in total. The van der Waals surface area contributed by atoms with E-state index in [-0.39, 0.29) is 26.1 Å². The van der Waals surface area contributed by atoms with Crippen molar-refractivity contribution in [3.8, 4) is 0 Å². The van der Waals surface area contributed by atoms with E-state index in [2.05, 4.69) is 68.5 Å². The fourth-order valence-electron chi connectivity index (χ4n) is 3.88. The topological polar surface area (TPSA) is 108 Å². The molecule has 0 fully saturated rings. The third-order valence-corrected chi connectivity index (χ3v) is 7.32. The van der Waals surface area contributed by atoms with Gasteiger partial charge in [-0.2, -0.15) is 0 Å². The molecule has 1 N–H and O–H groups in total. The minimum absolute atomic E-state index is 0.00854. The summed E-state index contributed by atoms with van der Waals surface area (Å²) in [5.41, 5.74) is 0. The molecule has 0 aliphatic heterocycles. The lowest BCUT2D eigenvalue weighted by Crippen LogP contribution is -2.29. The number of carbonyl (C=O) groups is 2. The Labute approximate surface area is 272 Å². The van der Waals surface area contributed by atoms with E-state index < -0.39 is 32.5 Å². The molecule has 0 aromatic rings. The molecule has 0 saturated carbocycles. The van der Waals surface area contributed by atoms with Crippen LogP contribution < -0.4 is 0 Å². The molecule has 0 aromatic heterocycles. The molecule has 256 valence electrons. The molecule has 2 atom stereocenters. The highest BCUT2D eigenvalue weighted by Gasteiger charge is 2.25. The van der Waals surface area contributed by atoms with E-state index in [4.69, 9.17) is 18.5 Å². The Bertz CT molecular complexity index is 964. The van der Waals surface area contributed by atoms with E-state index in [0.717, 1.165) is 64.2 Å². The van der Waals surface area contributed by atoms with Crippen LogP contribution in [0.3, 0.4) is 0 Å². The van der Waals surface area contributed by atoms with Gasteiger partial charge in [-0.15, -0.1) is 0 Å². The first-order chi connectivity index (χ1) is 21.8. The number of carbonyl (C=O) groups excluding carboxylic acids is 2. The number of rotatable bonds is 29. The van der Waals surface area contributed by atoms with Crippen LogP contribution >= 0.6 is 7.82 Å². The van der Waals surface area contributed by atoms with Crippen LogP contribution in [-0.4, -0.2) is 42.8 Å². The van der Waals surface area contributed by atoms with Crippen molar-refractivity contribution in [2.24, 2.45) is 0 Å².